The van der Waals surface area contributed by atoms with Crippen molar-refractivity contribution in [1.29, 1.82) is 0 Å². The molecular weight excluding hydrogens is 176 g/mol. The molecule has 14 heavy (non-hydrogen) atoms. The van der Waals surface area contributed by atoms with E-state index in [0.29, 0.717) is 6.42 Å². The fraction of sp³-hybridized carbons (Fsp3) is 0.417. The number of carbonyl (C=O) groups excluding carboxylic acids is 1. The maximum atomic E-state index is 11.1. The van der Waals surface area contributed by atoms with Gasteiger partial charge in [-0.25, -0.2) is 4.79 Å². The van der Waals surface area contributed by atoms with Gasteiger partial charge in [-0.2, -0.15) is 0 Å². The summed E-state index contributed by atoms with van der Waals surface area (Å²) >= 11 is 0. The second-order valence-electron chi connectivity index (χ2n) is 3.16. The summed E-state index contributed by atoms with van der Waals surface area (Å²) in [6.07, 6.45) is 5.23. The third-order valence-electron chi connectivity index (χ3n) is 2.48. The molecule has 0 radical (unpaired) electrons. The number of rotatable bonds is 6. The van der Waals surface area contributed by atoms with E-state index in [0.717, 1.165) is 6.08 Å². The Morgan fingerprint density at radius 2 is 2.07 bits per heavy atom. The number of esters is 1. The van der Waals surface area contributed by atoms with Crippen LogP contribution >= 0.6 is 0 Å². The monoisotopic (exact) mass is 194 g/mol. The summed E-state index contributed by atoms with van der Waals surface area (Å²) < 4.78 is 5.29. The van der Waals surface area contributed by atoms with Gasteiger partial charge in [0.1, 0.15) is 5.60 Å². The van der Waals surface area contributed by atoms with Crippen molar-refractivity contribution < 1.29 is 9.53 Å². The van der Waals surface area contributed by atoms with Crippen molar-refractivity contribution in [2.75, 3.05) is 0 Å². The molecule has 2 unspecified atom stereocenters. The Hall–Kier alpha value is -1.31. The van der Waals surface area contributed by atoms with Gasteiger partial charge in [-0.15, -0.1) is 6.58 Å². The lowest BCUT2D eigenvalue weighted by atomic mass is 9.86. The van der Waals surface area contributed by atoms with Crippen LogP contribution < -0.4 is 0 Å². The highest BCUT2D eigenvalue weighted by Gasteiger charge is 2.33. The SMILES string of the molecule is C=CC(=O)OC(C=C)(CC)C(C)C=C. The molecule has 0 bridgehead atoms. The molecule has 0 spiro atoms. The van der Waals surface area contributed by atoms with Gasteiger partial charge < -0.3 is 4.74 Å². The molecule has 0 amide bonds. The Morgan fingerprint density at radius 3 is 2.36 bits per heavy atom. The van der Waals surface area contributed by atoms with Gasteiger partial charge >= 0.3 is 5.97 Å². The normalized spacial score (nSPS) is 16.1. The van der Waals surface area contributed by atoms with E-state index >= 15 is 0 Å². The Bertz CT molecular complexity index is 243. The molecule has 2 heteroatoms. The van der Waals surface area contributed by atoms with E-state index in [9.17, 15) is 4.79 Å². The van der Waals surface area contributed by atoms with Gasteiger partial charge in [0.05, 0.1) is 0 Å². The first-order valence-electron chi connectivity index (χ1n) is 4.67. The Kier molecular flexibility index (Phi) is 4.92. The second-order valence-corrected chi connectivity index (χ2v) is 3.16. The van der Waals surface area contributed by atoms with Gasteiger partial charge in [0.2, 0.25) is 0 Å². The number of ether oxygens (including phenoxy) is 1. The molecule has 0 aromatic carbocycles. The summed E-state index contributed by atoms with van der Waals surface area (Å²) in [5.74, 6) is -0.394. The molecule has 0 aliphatic heterocycles. The van der Waals surface area contributed by atoms with Gasteiger partial charge in [0.25, 0.3) is 0 Å². The molecule has 0 rings (SSSR count). The zero-order valence-corrected chi connectivity index (χ0v) is 8.95. The number of hydrogen-bond donors (Lipinski definition) is 0. The number of carbonyl (C=O) groups is 1. The van der Waals surface area contributed by atoms with Gasteiger partial charge in [-0.05, 0) is 12.5 Å². The van der Waals surface area contributed by atoms with E-state index in [-0.39, 0.29) is 5.92 Å². The summed E-state index contributed by atoms with van der Waals surface area (Å²) in [5, 5.41) is 0. The molecule has 0 aliphatic rings. The minimum Gasteiger partial charge on any atom is -0.451 e. The van der Waals surface area contributed by atoms with Crippen LogP contribution in [0, 0.1) is 5.92 Å². The van der Waals surface area contributed by atoms with E-state index in [1.165, 1.54) is 0 Å². The van der Waals surface area contributed by atoms with Crippen LogP contribution in [-0.2, 0) is 9.53 Å². The van der Waals surface area contributed by atoms with Gasteiger partial charge in [0, 0.05) is 12.0 Å². The van der Waals surface area contributed by atoms with Crippen LogP contribution in [0.2, 0.25) is 0 Å². The Balaban J connectivity index is 4.86. The Morgan fingerprint density at radius 1 is 1.50 bits per heavy atom. The average molecular weight is 194 g/mol. The molecule has 2 nitrogen and oxygen atoms in total. The third kappa shape index (κ3) is 2.59. The highest BCUT2D eigenvalue weighted by molar-refractivity contribution is 5.81. The molecule has 0 aromatic rings. The van der Waals surface area contributed by atoms with Crippen LogP contribution in [0.1, 0.15) is 20.3 Å². The maximum Gasteiger partial charge on any atom is 0.331 e. The van der Waals surface area contributed by atoms with Crippen LogP contribution in [0.5, 0.6) is 0 Å². The lowest BCUT2D eigenvalue weighted by molar-refractivity contribution is -0.152. The summed E-state index contributed by atoms with van der Waals surface area (Å²) in [6, 6.07) is 0. The molecule has 0 heterocycles. The van der Waals surface area contributed by atoms with E-state index in [1.807, 2.05) is 13.8 Å². The van der Waals surface area contributed by atoms with Crippen molar-refractivity contribution in [2.45, 2.75) is 25.9 Å². The van der Waals surface area contributed by atoms with E-state index in [2.05, 4.69) is 19.7 Å². The zero-order valence-electron chi connectivity index (χ0n) is 8.95. The standard InChI is InChI=1S/C12H18O2/c1-6-10(5)12(8-3,9-4)14-11(13)7-2/h6-8,10H,1-3,9H2,4-5H3. The van der Waals surface area contributed by atoms with Crippen molar-refractivity contribution in [3.05, 3.63) is 38.0 Å². The third-order valence-corrected chi connectivity index (χ3v) is 2.48. The molecule has 0 saturated carbocycles. The van der Waals surface area contributed by atoms with Gasteiger partial charge in [-0.1, -0.05) is 33.1 Å². The quantitative estimate of drug-likeness (QED) is 0.369. The summed E-state index contributed by atoms with van der Waals surface area (Å²) in [6.45, 7) is 14.6. The summed E-state index contributed by atoms with van der Waals surface area (Å²) in [5.41, 5.74) is -0.660. The van der Waals surface area contributed by atoms with Crippen LogP contribution in [0.25, 0.3) is 0 Å². The zero-order chi connectivity index (χ0) is 11.2. The van der Waals surface area contributed by atoms with Crippen molar-refractivity contribution in [1.82, 2.24) is 0 Å². The highest BCUT2D eigenvalue weighted by atomic mass is 16.6. The first-order chi connectivity index (χ1) is 6.56. The second kappa shape index (κ2) is 5.43. The van der Waals surface area contributed by atoms with E-state index in [4.69, 9.17) is 4.74 Å². The van der Waals surface area contributed by atoms with Gasteiger partial charge in [-0.3, -0.25) is 0 Å². The summed E-state index contributed by atoms with van der Waals surface area (Å²) in [4.78, 5) is 11.1. The highest BCUT2D eigenvalue weighted by Crippen LogP contribution is 2.28. The minimum atomic E-state index is -0.660. The van der Waals surface area contributed by atoms with Crippen LogP contribution in [0.15, 0.2) is 38.0 Å². The smallest absolute Gasteiger partial charge is 0.331 e. The average Bonchev–Trinajstić information content (AvgIpc) is 2.24. The lowest BCUT2D eigenvalue weighted by Gasteiger charge is -2.33. The van der Waals surface area contributed by atoms with Crippen molar-refractivity contribution in [2.24, 2.45) is 5.92 Å². The predicted octanol–water partition coefficient (Wildman–Crippen LogP) is 2.87. The largest absolute Gasteiger partial charge is 0.451 e. The first kappa shape index (κ1) is 12.7. The molecule has 2 atom stereocenters. The van der Waals surface area contributed by atoms with Crippen molar-refractivity contribution in [3.8, 4) is 0 Å². The minimum absolute atomic E-state index is 0.0360. The van der Waals surface area contributed by atoms with E-state index < -0.39 is 11.6 Å². The maximum absolute atomic E-state index is 11.1. The predicted molar refractivity (Wildman–Crippen MR) is 58.9 cm³/mol. The Labute approximate surface area is 86.0 Å². The molecular formula is C12H18O2. The fourth-order valence-electron chi connectivity index (χ4n) is 1.29. The van der Waals surface area contributed by atoms with Gasteiger partial charge in [0.15, 0.2) is 0 Å². The molecule has 78 valence electrons. The molecule has 0 aromatic heterocycles. The van der Waals surface area contributed by atoms with Crippen molar-refractivity contribution >= 4 is 5.97 Å². The van der Waals surface area contributed by atoms with Crippen LogP contribution in [0.3, 0.4) is 0 Å². The van der Waals surface area contributed by atoms with E-state index in [1.54, 1.807) is 12.2 Å². The fourth-order valence-corrected chi connectivity index (χ4v) is 1.29. The molecule has 0 saturated heterocycles. The topological polar surface area (TPSA) is 26.3 Å². The van der Waals surface area contributed by atoms with Crippen LogP contribution in [0.4, 0.5) is 0 Å². The molecule has 0 fully saturated rings. The summed E-state index contributed by atoms with van der Waals surface area (Å²) in [7, 11) is 0. The first-order valence-corrected chi connectivity index (χ1v) is 4.67. The molecule has 0 aliphatic carbocycles. The van der Waals surface area contributed by atoms with Crippen LogP contribution in [-0.4, -0.2) is 11.6 Å². The number of hydrogen-bond acceptors (Lipinski definition) is 2. The van der Waals surface area contributed by atoms with Crippen molar-refractivity contribution in [3.63, 3.8) is 0 Å². The lowest BCUT2D eigenvalue weighted by Crippen LogP contribution is -2.37. The molecule has 0 N–H and O–H groups in total.